The molecule has 78 valence electrons. The molecule has 4 heteroatoms. The molecule has 3 nitrogen and oxygen atoms in total. The van der Waals surface area contributed by atoms with Crippen molar-refractivity contribution in [2.24, 2.45) is 7.05 Å². The molecule has 0 bridgehead atoms. The molecule has 0 fully saturated rings. The van der Waals surface area contributed by atoms with Crippen molar-refractivity contribution in [1.29, 1.82) is 0 Å². The number of halogens is 1. The van der Waals surface area contributed by atoms with Crippen molar-refractivity contribution >= 4 is 23.0 Å². The summed E-state index contributed by atoms with van der Waals surface area (Å²) in [5.41, 5.74) is 14.7. The summed E-state index contributed by atoms with van der Waals surface area (Å²) in [7, 11) is 1.95. The summed E-state index contributed by atoms with van der Waals surface area (Å²) in [5.74, 6) is 0. The van der Waals surface area contributed by atoms with Crippen LogP contribution in [0.4, 0.5) is 11.4 Å². The molecule has 1 aromatic carbocycles. The summed E-state index contributed by atoms with van der Waals surface area (Å²) in [6.07, 6.45) is 1.95. The first kappa shape index (κ1) is 9.93. The molecule has 0 spiro atoms. The SMILES string of the molecule is Cn1cccc1-c1cc(N)cc(Cl)c1N. The highest BCUT2D eigenvalue weighted by Gasteiger charge is 2.09. The van der Waals surface area contributed by atoms with E-state index in [9.17, 15) is 0 Å². The molecule has 0 saturated carbocycles. The fourth-order valence-corrected chi connectivity index (χ4v) is 1.82. The molecule has 0 aliphatic heterocycles. The lowest BCUT2D eigenvalue weighted by Crippen LogP contribution is -1.97. The number of nitrogens with zero attached hydrogens (tertiary/aromatic N) is 1. The first-order valence-electron chi connectivity index (χ1n) is 4.56. The lowest BCUT2D eigenvalue weighted by molar-refractivity contribution is 0.937. The van der Waals surface area contributed by atoms with E-state index < -0.39 is 0 Å². The third-order valence-corrected chi connectivity index (χ3v) is 2.68. The Morgan fingerprint density at radius 2 is 2.00 bits per heavy atom. The molecule has 0 radical (unpaired) electrons. The van der Waals surface area contributed by atoms with Gasteiger partial charge >= 0.3 is 0 Å². The number of nitrogens with two attached hydrogens (primary N) is 2. The highest BCUT2D eigenvalue weighted by Crippen LogP contribution is 2.33. The van der Waals surface area contributed by atoms with Crippen LogP contribution in [0.3, 0.4) is 0 Å². The molecule has 0 atom stereocenters. The summed E-state index contributed by atoms with van der Waals surface area (Å²) < 4.78 is 1.97. The van der Waals surface area contributed by atoms with E-state index in [1.165, 1.54) is 0 Å². The highest BCUT2D eigenvalue weighted by atomic mass is 35.5. The minimum Gasteiger partial charge on any atom is -0.399 e. The van der Waals surface area contributed by atoms with Gasteiger partial charge in [-0.3, -0.25) is 0 Å². The zero-order valence-electron chi connectivity index (χ0n) is 8.37. The van der Waals surface area contributed by atoms with E-state index in [1.54, 1.807) is 6.07 Å². The molecule has 1 heterocycles. The van der Waals surface area contributed by atoms with Gasteiger partial charge < -0.3 is 16.0 Å². The van der Waals surface area contributed by atoms with Gasteiger partial charge in [0.15, 0.2) is 0 Å². The van der Waals surface area contributed by atoms with Gasteiger partial charge in [-0.25, -0.2) is 0 Å². The Hall–Kier alpha value is -1.61. The number of hydrogen-bond donors (Lipinski definition) is 2. The van der Waals surface area contributed by atoms with E-state index >= 15 is 0 Å². The van der Waals surface area contributed by atoms with Gasteiger partial charge in [0.05, 0.1) is 10.7 Å². The van der Waals surface area contributed by atoms with E-state index in [-0.39, 0.29) is 0 Å². The minimum absolute atomic E-state index is 0.492. The standard InChI is InChI=1S/C11H12ClN3/c1-15-4-2-3-10(15)8-5-7(13)6-9(12)11(8)14/h2-6H,13-14H2,1H3. The second-order valence-electron chi connectivity index (χ2n) is 3.47. The Kier molecular flexibility index (Phi) is 2.32. The van der Waals surface area contributed by atoms with Gasteiger partial charge in [0.1, 0.15) is 0 Å². The van der Waals surface area contributed by atoms with Crippen molar-refractivity contribution in [1.82, 2.24) is 4.57 Å². The fraction of sp³-hybridized carbons (Fsp3) is 0.0909. The van der Waals surface area contributed by atoms with Crippen molar-refractivity contribution in [2.45, 2.75) is 0 Å². The third-order valence-electron chi connectivity index (χ3n) is 2.37. The lowest BCUT2D eigenvalue weighted by atomic mass is 10.1. The van der Waals surface area contributed by atoms with Crippen LogP contribution < -0.4 is 11.5 Å². The predicted octanol–water partition coefficient (Wildman–Crippen LogP) is 2.51. The van der Waals surface area contributed by atoms with Gasteiger partial charge in [-0.05, 0) is 24.3 Å². The Labute approximate surface area is 93.3 Å². The minimum atomic E-state index is 0.492. The van der Waals surface area contributed by atoms with Crippen molar-refractivity contribution in [3.63, 3.8) is 0 Å². The molecule has 0 aliphatic carbocycles. The number of benzene rings is 1. The van der Waals surface area contributed by atoms with E-state index in [1.807, 2.05) is 36.0 Å². The predicted molar refractivity (Wildman–Crippen MR) is 64.7 cm³/mol. The van der Waals surface area contributed by atoms with Gasteiger partial charge in [0.25, 0.3) is 0 Å². The smallest absolute Gasteiger partial charge is 0.0662 e. The molecule has 4 N–H and O–H groups in total. The topological polar surface area (TPSA) is 57.0 Å². The van der Waals surface area contributed by atoms with Gasteiger partial charge in [0, 0.05) is 30.2 Å². The average molecular weight is 222 g/mol. The maximum absolute atomic E-state index is 5.97. The molecular formula is C11H12ClN3. The zero-order chi connectivity index (χ0) is 11.0. The summed E-state index contributed by atoms with van der Waals surface area (Å²) in [6.45, 7) is 0. The summed E-state index contributed by atoms with van der Waals surface area (Å²) in [6, 6.07) is 7.41. The fourth-order valence-electron chi connectivity index (χ4n) is 1.59. The Bertz CT molecular complexity index is 503. The second kappa shape index (κ2) is 3.51. The molecule has 0 amide bonds. The van der Waals surface area contributed by atoms with Crippen LogP contribution in [0.25, 0.3) is 11.3 Å². The Morgan fingerprint density at radius 3 is 2.60 bits per heavy atom. The van der Waals surface area contributed by atoms with Crippen LogP contribution in [-0.2, 0) is 7.05 Å². The maximum atomic E-state index is 5.97. The van der Waals surface area contributed by atoms with Crippen molar-refractivity contribution in [3.8, 4) is 11.3 Å². The first-order valence-corrected chi connectivity index (χ1v) is 4.93. The molecule has 0 saturated heterocycles. The van der Waals surface area contributed by atoms with Crippen LogP contribution in [0, 0.1) is 0 Å². The second-order valence-corrected chi connectivity index (χ2v) is 3.88. The molecule has 0 unspecified atom stereocenters. The normalized spacial score (nSPS) is 10.5. The average Bonchev–Trinajstić information content (AvgIpc) is 2.58. The van der Waals surface area contributed by atoms with E-state index in [0.29, 0.717) is 16.4 Å². The highest BCUT2D eigenvalue weighted by molar-refractivity contribution is 6.34. The number of aryl methyl sites for hydroxylation is 1. The number of hydrogen-bond acceptors (Lipinski definition) is 2. The van der Waals surface area contributed by atoms with Crippen molar-refractivity contribution in [3.05, 3.63) is 35.5 Å². The van der Waals surface area contributed by atoms with Gasteiger partial charge in [0.2, 0.25) is 0 Å². The molecule has 15 heavy (non-hydrogen) atoms. The zero-order valence-corrected chi connectivity index (χ0v) is 9.12. The van der Waals surface area contributed by atoms with Crippen LogP contribution in [0.2, 0.25) is 5.02 Å². The monoisotopic (exact) mass is 221 g/mol. The molecule has 0 aliphatic rings. The van der Waals surface area contributed by atoms with E-state index in [0.717, 1.165) is 11.3 Å². The quantitative estimate of drug-likeness (QED) is 0.727. The van der Waals surface area contributed by atoms with Crippen LogP contribution in [0.15, 0.2) is 30.5 Å². The first-order chi connectivity index (χ1) is 7.09. The summed E-state index contributed by atoms with van der Waals surface area (Å²) in [5, 5.41) is 0.492. The number of nitrogen functional groups attached to an aromatic ring is 2. The van der Waals surface area contributed by atoms with E-state index in [2.05, 4.69) is 0 Å². The largest absolute Gasteiger partial charge is 0.399 e. The number of aromatic nitrogens is 1. The van der Waals surface area contributed by atoms with Gasteiger partial charge in [-0.15, -0.1) is 0 Å². The van der Waals surface area contributed by atoms with Crippen LogP contribution in [0.1, 0.15) is 0 Å². The maximum Gasteiger partial charge on any atom is 0.0662 e. The van der Waals surface area contributed by atoms with Crippen LogP contribution >= 0.6 is 11.6 Å². The summed E-state index contributed by atoms with van der Waals surface area (Å²) in [4.78, 5) is 0. The Balaban J connectivity index is 2.68. The number of rotatable bonds is 1. The summed E-state index contributed by atoms with van der Waals surface area (Å²) >= 11 is 5.97. The molecule has 2 aromatic rings. The van der Waals surface area contributed by atoms with Crippen LogP contribution in [-0.4, -0.2) is 4.57 Å². The van der Waals surface area contributed by atoms with Gasteiger partial charge in [-0.2, -0.15) is 0 Å². The van der Waals surface area contributed by atoms with Gasteiger partial charge in [-0.1, -0.05) is 11.6 Å². The van der Waals surface area contributed by atoms with Crippen LogP contribution in [0.5, 0.6) is 0 Å². The van der Waals surface area contributed by atoms with Crippen molar-refractivity contribution < 1.29 is 0 Å². The Morgan fingerprint density at radius 1 is 1.27 bits per heavy atom. The molecular weight excluding hydrogens is 210 g/mol. The third kappa shape index (κ3) is 1.66. The number of anilines is 2. The van der Waals surface area contributed by atoms with Crippen molar-refractivity contribution in [2.75, 3.05) is 11.5 Å². The molecule has 1 aromatic heterocycles. The van der Waals surface area contributed by atoms with E-state index in [4.69, 9.17) is 23.1 Å². The molecule has 2 rings (SSSR count). The lowest BCUT2D eigenvalue weighted by Gasteiger charge is -2.09.